The number of benzene rings is 2. The lowest BCUT2D eigenvalue weighted by Gasteiger charge is -2.09. The topological polar surface area (TPSA) is 21.3 Å². The second-order valence-electron chi connectivity index (χ2n) is 4.19. The van der Waals surface area contributed by atoms with Crippen LogP contribution in [0.1, 0.15) is 5.56 Å². The van der Waals surface area contributed by atoms with Crippen molar-refractivity contribution in [1.82, 2.24) is 0 Å². The van der Waals surface area contributed by atoms with Crippen molar-refractivity contribution in [3.63, 3.8) is 0 Å². The molecule has 0 spiro atoms. The molecule has 0 aromatic heterocycles. The van der Waals surface area contributed by atoms with Crippen molar-refractivity contribution in [2.45, 2.75) is 6.92 Å². The quantitative estimate of drug-likeness (QED) is 0.825. The van der Waals surface area contributed by atoms with Gasteiger partial charge in [0.05, 0.1) is 5.02 Å². The highest BCUT2D eigenvalue weighted by Gasteiger charge is 2.06. The summed E-state index contributed by atoms with van der Waals surface area (Å²) >= 11 is 5.67. The average molecular weight is 280 g/mol. The van der Waals surface area contributed by atoms with Gasteiger partial charge in [-0.15, -0.1) is 0 Å². The second kappa shape index (κ2) is 6.43. The minimum atomic E-state index is -0.514. The van der Waals surface area contributed by atoms with Gasteiger partial charge in [-0.2, -0.15) is 0 Å². The van der Waals surface area contributed by atoms with E-state index in [4.69, 9.17) is 16.3 Å². The fourth-order valence-corrected chi connectivity index (χ4v) is 1.79. The Balaban J connectivity index is 1.81. The maximum atomic E-state index is 13.5. The largest absolute Gasteiger partial charge is 0.489 e. The van der Waals surface area contributed by atoms with Crippen molar-refractivity contribution in [3.05, 3.63) is 58.9 Å². The summed E-state index contributed by atoms with van der Waals surface area (Å²) in [7, 11) is 0. The zero-order valence-electron chi connectivity index (χ0n) is 10.6. The molecule has 100 valence electrons. The normalized spacial score (nSPS) is 10.3. The molecule has 1 N–H and O–H groups in total. The van der Waals surface area contributed by atoms with Gasteiger partial charge in [-0.3, -0.25) is 0 Å². The highest BCUT2D eigenvalue weighted by molar-refractivity contribution is 6.30. The number of nitrogens with one attached hydrogen (secondary N) is 1. The molecular formula is C15H15ClFNO. The van der Waals surface area contributed by atoms with Gasteiger partial charge >= 0.3 is 0 Å². The molecule has 2 aromatic carbocycles. The fraction of sp³-hybridized carbons (Fsp3) is 0.200. The van der Waals surface area contributed by atoms with Crippen molar-refractivity contribution >= 4 is 17.3 Å². The monoisotopic (exact) mass is 279 g/mol. The first kappa shape index (κ1) is 13.7. The highest BCUT2D eigenvalue weighted by atomic mass is 35.5. The Morgan fingerprint density at radius 3 is 2.63 bits per heavy atom. The van der Waals surface area contributed by atoms with Crippen LogP contribution in [0.15, 0.2) is 42.5 Å². The zero-order chi connectivity index (χ0) is 13.7. The van der Waals surface area contributed by atoms with Crippen LogP contribution in [0.25, 0.3) is 0 Å². The summed E-state index contributed by atoms with van der Waals surface area (Å²) in [4.78, 5) is 0. The Bertz CT molecular complexity index is 542. The number of anilines is 1. The molecule has 0 radical (unpaired) electrons. The van der Waals surface area contributed by atoms with Gasteiger partial charge < -0.3 is 10.1 Å². The molecule has 0 fully saturated rings. The van der Waals surface area contributed by atoms with Gasteiger partial charge in [0.1, 0.15) is 6.61 Å². The van der Waals surface area contributed by atoms with Crippen LogP contribution in [-0.4, -0.2) is 13.2 Å². The molecule has 2 nitrogen and oxygen atoms in total. The lowest BCUT2D eigenvalue weighted by molar-refractivity contribution is 0.315. The van der Waals surface area contributed by atoms with Gasteiger partial charge in [0.25, 0.3) is 0 Å². The van der Waals surface area contributed by atoms with Gasteiger partial charge in [-0.05, 0) is 31.2 Å². The van der Waals surface area contributed by atoms with Gasteiger partial charge in [-0.1, -0.05) is 35.4 Å². The van der Waals surface area contributed by atoms with E-state index in [2.05, 4.69) is 5.32 Å². The van der Waals surface area contributed by atoms with E-state index < -0.39 is 5.82 Å². The SMILES string of the molecule is Cc1ccc(NCCOc2cccc(Cl)c2F)cc1. The lowest BCUT2D eigenvalue weighted by Crippen LogP contribution is -2.12. The molecule has 0 saturated heterocycles. The maximum absolute atomic E-state index is 13.5. The van der Waals surface area contributed by atoms with Crippen LogP contribution in [0.5, 0.6) is 5.75 Å². The van der Waals surface area contributed by atoms with Gasteiger partial charge in [-0.25, -0.2) is 4.39 Å². The van der Waals surface area contributed by atoms with Crippen LogP contribution < -0.4 is 10.1 Å². The molecule has 0 atom stereocenters. The molecule has 0 heterocycles. The van der Waals surface area contributed by atoms with Crippen molar-refractivity contribution in [2.24, 2.45) is 0 Å². The molecule has 0 amide bonds. The molecule has 0 saturated carbocycles. The summed E-state index contributed by atoms with van der Waals surface area (Å²) in [5.41, 5.74) is 2.23. The van der Waals surface area contributed by atoms with Gasteiger partial charge in [0, 0.05) is 12.2 Å². The van der Waals surface area contributed by atoms with Crippen LogP contribution >= 0.6 is 11.6 Å². The molecule has 0 aliphatic carbocycles. The maximum Gasteiger partial charge on any atom is 0.183 e. The second-order valence-corrected chi connectivity index (χ2v) is 4.60. The minimum Gasteiger partial charge on any atom is -0.489 e. The Morgan fingerprint density at radius 2 is 1.89 bits per heavy atom. The zero-order valence-corrected chi connectivity index (χ0v) is 11.4. The van der Waals surface area contributed by atoms with Crippen LogP contribution in [0, 0.1) is 12.7 Å². The number of hydrogen-bond donors (Lipinski definition) is 1. The third-order valence-electron chi connectivity index (χ3n) is 2.66. The van der Waals surface area contributed by atoms with Gasteiger partial charge in [0.15, 0.2) is 11.6 Å². The summed E-state index contributed by atoms with van der Waals surface area (Å²) in [5, 5.41) is 3.27. The Morgan fingerprint density at radius 1 is 1.16 bits per heavy atom. The van der Waals surface area contributed by atoms with Crippen LogP contribution in [-0.2, 0) is 0 Å². The average Bonchev–Trinajstić information content (AvgIpc) is 2.41. The van der Waals surface area contributed by atoms with E-state index in [1.165, 1.54) is 11.6 Å². The number of aryl methyl sites for hydroxylation is 1. The van der Waals surface area contributed by atoms with Crippen LogP contribution in [0.2, 0.25) is 5.02 Å². The molecule has 0 unspecified atom stereocenters. The smallest absolute Gasteiger partial charge is 0.183 e. The third-order valence-corrected chi connectivity index (χ3v) is 2.95. The summed E-state index contributed by atoms with van der Waals surface area (Å²) < 4.78 is 18.9. The van der Waals surface area contributed by atoms with E-state index >= 15 is 0 Å². The van der Waals surface area contributed by atoms with E-state index in [-0.39, 0.29) is 10.8 Å². The van der Waals surface area contributed by atoms with Gasteiger partial charge in [0.2, 0.25) is 0 Å². The molecule has 2 rings (SSSR count). The predicted octanol–water partition coefficient (Wildman–Crippen LogP) is 4.28. The Labute approximate surface area is 117 Å². The van der Waals surface area contributed by atoms with E-state index in [0.717, 1.165) is 5.69 Å². The molecular weight excluding hydrogens is 265 g/mol. The molecule has 19 heavy (non-hydrogen) atoms. The third kappa shape index (κ3) is 3.86. The van der Waals surface area contributed by atoms with Crippen molar-refractivity contribution in [3.8, 4) is 5.75 Å². The number of ether oxygens (including phenoxy) is 1. The first-order valence-electron chi connectivity index (χ1n) is 6.04. The summed E-state index contributed by atoms with van der Waals surface area (Å²) in [5.74, 6) is -0.335. The molecule has 0 aliphatic heterocycles. The van der Waals surface area contributed by atoms with Crippen molar-refractivity contribution in [1.29, 1.82) is 0 Å². The fourth-order valence-electron chi connectivity index (χ4n) is 1.62. The van der Waals surface area contributed by atoms with Crippen LogP contribution in [0.3, 0.4) is 0 Å². The Hall–Kier alpha value is -1.74. The van der Waals surface area contributed by atoms with Crippen molar-refractivity contribution in [2.75, 3.05) is 18.5 Å². The van der Waals surface area contributed by atoms with E-state index in [9.17, 15) is 4.39 Å². The summed E-state index contributed by atoms with van der Waals surface area (Å²) in [6, 6.07) is 12.8. The summed E-state index contributed by atoms with van der Waals surface area (Å²) in [6.45, 7) is 3.00. The number of rotatable bonds is 5. The molecule has 0 bridgehead atoms. The predicted molar refractivity (Wildman–Crippen MR) is 76.6 cm³/mol. The Kier molecular flexibility index (Phi) is 4.63. The highest BCUT2D eigenvalue weighted by Crippen LogP contribution is 2.23. The summed E-state index contributed by atoms with van der Waals surface area (Å²) in [6.07, 6.45) is 0. The molecule has 2 aromatic rings. The number of halogens is 2. The molecule has 4 heteroatoms. The standard InChI is InChI=1S/C15H15ClFNO/c1-11-5-7-12(8-6-11)18-9-10-19-14-4-2-3-13(16)15(14)17/h2-8,18H,9-10H2,1H3. The first-order valence-corrected chi connectivity index (χ1v) is 6.42. The lowest BCUT2D eigenvalue weighted by atomic mass is 10.2. The first-order chi connectivity index (χ1) is 9.16. The molecule has 0 aliphatic rings. The van der Waals surface area contributed by atoms with E-state index in [1.54, 1.807) is 12.1 Å². The number of hydrogen-bond acceptors (Lipinski definition) is 2. The van der Waals surface area contributed by atoms with E-state index in [1.807, 2.05) is 31.2 Å². The van der Waals surface area contributed by atoms with E-state index in [0.29, 0.717) is 13.2 Å². The minimum absolute atomic E-state index is 0.0731. The van der Waals surface area contributed by atoms with Crippen molar-refractivity contribution < 1.29 is 9.13 Å². The van der Waals surface area contributed by atoms with Crippen LogP contribution in [0.4, 0.5) is 10.1 Å².